The minimum absolute atomic E-state index is 0.579. The molecule has 0 fully saturated rings. The Hall–Kier alpha value is -7.89. The van der Waals surface area contributed by atoms with Crippen molar-refractivity contribution in [3.05, 3.63) is 200 Å². The predicted molar refractivity (Wildman–Crippen MR) is 240 cm³/mol. The lowest BCUT2D eigenvalue weighted by atomic mass is 10.0. The van der Waals surface area contributed by atoms with Gasteiger partial charge in [-0.3, -0.25) is 4.57 Å². The summed E-state index contributed by atoms with van der Waals surface area (Å²) >= 11 is 0. The van der Waals surface area contributed by atoms with Crippen LogP contribution in [0.25, 0.3) is 111 Å². The highest BCUT2D eigenvalue weighted by Gasteiger charge is 2.20. The Labute approximate surface area is 333 Å². The summed E-state index contributed by atoms with van der Waals surface area (Å²) in [4.78, 5) is 15.6. The van der Waals surface area contributed by atoms with Crippen molar-refractivity contribution >= 4 is 65.2 Å². The van der Waals surface area contributed by atoms with E-state index < -0.39 is 0 Å². The molecule has 0 saturated carbocycles. The molecule has 5 nitrogen and oxygen atoms in total. The zero-order chi connectivity index (χ0) is 38.2. The molecule has 0 saturated heterocycles. The number of rotatable bonds is 5. The highest BCUT2D eigenvalue weighted by atomic mass is 15.2. The molecule has 0 aliphatic heterocycles. The van der Waals surface area contributed by atoms with Crippen molar-refractivity contribution in [1.29, 1.82) is 0 Å². The second kappa shape index (κ2) is 12.8. The Morgan fingerprint density at radius 2 is 0.707 bits per heavy atom. The third-order valence-electron chi connectivity index (χ3n) is 11.5. The van der Waals surface area contributed by atoms with Crippen molar-refractivity contribution in [2.45, 2.75) is 0 Å². The lowest BCUT2D eigenvalue weighted by Crippen LogP contribution is -2.06. The fraction of sp³-hybridized carbons (Fsp3) is 0. The maximum Gasteiger partial charge on any atom is 0.238 e. The van der Waals surface area contributed by atoms with Gasteiger partial charge in [-0.1, -0.05) is 140 Å². The molecule has 270 valence electrons. The van der Waals surface area contributed by atoms with Crippen molar-refractivity contribution in [2.24, 2.45) is 0 Å². The Kier molecular flexibility index (Phi) is 7.16. The van der Waals surface area contributed by atoms with Crippen LogP contribution in [0.2, 0.25) is 0 Å². The zero-order valence-corrected chi connectivity index (χ0v) is 31.3. The smallest absolute Gasteiger partial charge is 0.238 e. The summed E-state index contributed by atoms with van der Waals surface area (Å²) in [7, 11) is 0. The number of benzene rings is 9. The molecule has 0 bridgehead atoms. The molecule has 0 aliphatic carbocycles. The van der Waals surface area contributed by atoms with Gasteiger partial charge in [0.2, 0.25) is 5.95 Å². The molecule has 5 heteroatoms. The maximum atomic E-state index is 5.25. The summed E-state index contributed by atoms with van der Waals surface area (Å²) < 4.78 is 4.56. The van der Waals surface area contributed by atoms with Crippen molar-refractivity contribution in [2.75, 3.05) is 0 Å². The number of hydrogen-bond acceptors (Lipinski definition) is 3. The van der Waals surface area contributed by atoms with E-state index >= 15 is 0 Å². The zero-order valence-electron chi connectivity index (χ0n) is 31.3. The summed E-state index contributed by atoms with van der Waals surface area (Å²) in [6.45, 7) is 0. The van der Waals surface area contributed by atoms with Crippen LogP contribution in [0.4, 0.5) is 0 Å². The first-order chi connectivity index (χ1) is 28.7. The molecule has 0 spiro atoms. The standard InChI is InChI=1S/C53H33N5/c1-2-16-42(17-3-1)57-47-20-10-8-18-43(47)45-32-38(26-28-49(45)57)39-27-29-50-46(33-39)44-19-9-11-21-48(44)58(50)53-55-51(40-24-22-34-12-4-6-14-36(34)30-40)54-52(56-53)41-25-23-35-13-5-7-15-37(35)31-41/h1-33H. The molecule has 0 amide bonds. The molecule has 12 rings (SSSR count). The number of hydrogen-bond donors (Lipinski definition) is 0. The van der Waals surface area contributed by atoms with Crippen LogP contribution < -0.4 is 0 Å². The molecular weight excluding hydrogens is 707 g/mol. The van der Waals surface area contributed by atoms with Gasteiger partial charge in [0, 0.05) is 38.4 Å². The van der Waals surface area contributed by atoms with Crippen LogP contribution >= 0.6 is 0 Å². The van der Waals surface area contributed by atoms with Crippen LogP contribution in [0.1, 0.15) is 0 Å². The van der Waals surface area contributed by atoms with E-state index in [0.717, 1.165) is 55.0 Å². The number of aromatic nitrogens is 5. The van der Waals surface area contributed by atoms with Gasteiger partial charge in [0.25, 0.3) is 0 Å². The van der Waals surface area contributed by atoms with E-state index in [-0.39, 0.29) is 0 Å². The molecule has 0 unspecified atom stereocenters. The summed E-state index contributed by atoms with van der Waals surface area (Å²) in [5.74, 6) is 1.84. The van der Waals surface area contributed by atoms with E-state index in [1.54, 1.807) is 0 Å². The van der Waals surface area contributed by atoms with Crippen molar-refractivity contribution in [3.63, 3.8) is 0 Å². The summed E-state index contributed by atoms with van der Waals surface area (Å²) in [5.41, 5.74) is 9.81. The summed E-state index contributed by atoms with van der Waals surface area (Å²) in [6, 6.07) is 71.1. The molecule has 3 aromatic heterocycles. The first-order valence-electron chi connectivity index (χ1n) is 19.6. The number of fused-ring (bicyclic) bond motifs is 8. The predicted octanol–water partition coefficient (Wildman–Crippen LogP) is 13.4. The van der Waals surface area contributed by atoms with E-state index in [9.17, 15) is 0 Å². The first kappa shape index (κ1) is 32.4. The van der Waals surface area contributed by atoms with Gasteiger partial charge in [0.15, 0.2) is 11.6 Å². The molecule has 0 N–H and O–H groups in total. The Bertz CT molecular complexity index is 3480. The van der Waals surface area contributed by atoms with Crippen LogP contribution in [0, 0.1) is 0 Å². The molecule has 12 aromatic rings. The average Bonchev–Trinajstić information content (AvgIpc) is 3.81. The van der Waals surface area contributed by atoms with Gasteiger partial charge in [-0.2, -0.15) is 9.97 Å². The molecule has 0 aliphatic rings. The lowest BCUT2D eigenvalue weighted by Gasteiger charge is -2.12. The van der Waals surface area contributed by atoms with Crippen LogP contribution in [-0.4, -0.2) is 24.1 Å². The van der Waals surface area contributed by atoms with Gasteiger partial charge in [-0.25, -0.2) is 4.98 Å². The van der Waals surface area contributed by atoms with E-state index in [1.165, 1.54) is 38.1 Å². The lowest BCUT2D eigenvalue weighted by molar-refractivity contribution is 0.954. The van der Waals surface area contributed by atoms with E-state index in [2.05, 4.69) is 209 Å². The third kappa shape index (κ3) is 5.14. The second-order valence-corrected chi connectivity index (χ2v) is 14.9. The minimum atomic E-state index is 0.579. The van der Waals surface area contributed by atoms with Crippen LogP contribution in [0.3, 0.4) is 0 Å². The SMILES string of the molecule is c1ccc(-n2c3ccccc3c3cc(-c4ccc5c(c4)c4ccccc4n5-c4nc(-c5ccc6ccccc6c5)nc(-c5ccc6ccccc6c5)n4)ccc32)cc1. The summed E-state index contributed by atoms with van der Waals surface area (Å²) in [5, 5.41) is 9.38. The Morgan fingerprint density at radius 1 is 0.276 bits per heavy atom. The first-order valence-corrected chi connectivity index (χ1v) is 19.6. The normalized spacial score (nSPS) is 11.8. The molecule has 3 heterocycles. The molecule has 9 aromatic carbocycles. The minimum Gasteiger partial charge on any atom is -0.309 e. The van der Waals surface area contributed by atoms with E-state index in [0.29, 0.717) is 17.6 Å². The summed E-state index contributed by atoms with van der Waals surface area (Å²) in [6.07, 6.45) is 0. The quantitative estimate of drug-likeness (QED) is 0.177. The monoisotopic (exact) mass is 739 g/mol. The Morgan fingerprint density at radius 3 is 1.28 bits per heavy atom. The van der Waals surface area contributed by atoms with Gasteiger partial charge >= 0.3 is 0 Å². The van der Waals surface area contributed by atoms with Gasteiger partial charge in [0.1, 0.15) is 0 Å². The van der Waals surface area contributed by atoms with E-state index in [4.69, 9.17) is 15.0 Å². The van der Waals surface area contributed by atoms with Gasteiger partial charge in [0.05, 0.1) is 22.1 Å². The van der Waals surface area contributed by atoms with Crippen LogP contribution in [-0.2, 0) is 0 Å². The van der Waals surface area contributed by atoms with E-state index in [1.807, 2.05) is 0 Å². The average molecular weight is 740 g/mol. The highest BCUT2D eigenvalue weighted by molar-refractivity contribution is 6.12. The molecule has 0 atom stereocenters. The van der Waals surface area contributed by atoms with Gasteiger partial charge in [-0.15, -0.1) is 0 Å². The largest absolute Gasteiger partial charge is 0.309 e. The van der Waals surface area contributed by atoms with Crippen LogP contribution in [0.5, 0.6) is 0 Å². The number of nitrogens with zero attached hydrogens (tertiary/aromatic N) is 5. The topological polar surface area (TPSA) is 48.5 Å². The second-order valence-electron chi connectivity index (χ2n) is 14.9. The molecule has 0 radical (unpaired) electrons. The van der Waals surface area contributed by atoms with Crippen molar-refractivity contribution in [3.8, 4) is 45.5 Å². The number of para-hydroxylation sites is 3. The third-order valence-corrected chi connectivity index (χ3v) is 11.5. The molecule has 58 heavy (non-hydrogen) atoms. The highest BCUT2D eigenvalue weighted by Crippen LogP contribution is 2.38. The van der Waals surface area contributed by atoms with Gasteiger partial charge in [-0.05, 0) is 93.3 Å². The van der Waals surface area contributed by atoms with Crippen molar-refractivity contribution in [1.82, 2.24) is 24.1 Å². The Balaban J connectivity index is 1.05. The fourth-order valence-corrected chi connectivity index (χ4v) is 8.76. The van der Waals surface area contributed by atoms with Gasteiger partial charge < -0.3 is 4.57 Å². The maximum absolute atomic E-state index is 5.25. The van der Waals surface area contributed by atoms with Crippen molar-refractivity contribution < 1.29 is 0 Å². The molecular formula is C53H33N5. The fourth-order valence-electron chi connectivity index (χ4n) is 8.76. The van der Waals surface area contributed by atoms with Crippen LogP contribution in [0.15, 0.2) is 200 Å².